The molecule has 0 spiro atoms. The van der Waals surface area contributed by atoms with Gasteiger partial charge in [-0.3, -0.25) is 10.8 Å². The van der Waals surface area contributed by atoms with Gasteiger partial charge in [0.05, 0.1) is 12.0 Å². The Balaban J connectivity index is 1.09. The highest BCUT2D eigenvalue weighted by Gasteiger charge is 2.23. The number of nitrogens with zero attached hydrogens (tertiary/aromatic N) is 1. The number of hydrogen-bond donors (Lipinski definition) is 2. The van der Waals surface area contributed by atoms with Crippen LogP contribution in [0.5, 0.6) is 17.2 Å². The van der Waals surface area contributed by atoms with Crippen LogP contribution in [0.25, 0.3) is 11.0 Å². The first-order valence-corrected chi connectivity index (χ1v) is 12.6. The summed E-state index contributed by atoms with van der Waals surface area (Å²) in [6.07, 6.45) is 3.21. The van der Waals surface area contributed by atoms with Gasteiger partial charge >= 0.3 is 0 Å². The Kier molecular flexibility index (Phi) is 7.13. The monoisotopic (exact) mass is 491 g/mol. The van der Waals surface area contributed by atoms with E-state index in [1.54, 1.807) is 6.07 Å². The smallest absolute Gasteiger partial charge is 0.256 e. The van der Waals surface area contributed by atoms with E-state index < -0.39 is 0 Å². The lowest BCUT2D eigenvalue weighted by atomic mass is 9.89. The van der Waals surface area contributed by atoms with E-state index in [1.165, 1.54) is 5.56 Å². The fourth-order valence-corrected chi connectivity index (χ4v) is 4.68. The first-order valence-electron chi connectivity index (χ1n) is 12.6. The zero-order chi connectivity index (χ0) is 25.1. The largest absolute Gasteiger partial charge is 0.493 e. The standard InChI is InChI=1S/C28H33N3O5/c1-18(2)27(29)36-28(30)26-16-21-22(5-3-6-23(21)35-26)32-14-4-11-31-12-9-19(10-13-31)20-7-8-24-25(15-20)34-17-33-24/h3,5-8,15-16,18-19,29-30H,4,9-14,17H2,1-2H3. The quantitative estimate of drug-likeness (QED) is 0.235. The molecule has 0 radical (unpaired) electrons. The number of furan rings is 1. The van der Waals surface area contributed by atoms with Gasteiger partial charge < -0.3 is 28.3 Å². The molecular formula is C28H33N3O5. The summed E-state index contributed by atoms with van der Waals surface area (Å²) in [5.74, 6) is 3.07. The Morgan fingerprint density at radius 2 is 1.86 bits per heavy atom. The molecule has 1 fully saturated rings. The molecule has 0 aliphatic carbocycles. The molecule has 3 heterocycles. The summed E-state index contributed by atoms with van der Waals surface area (Å²) < 4.78 is 28.1. The van der Waals surface area contributed by atoms with Crippen molar-refractivity contribution < 1.29 is 23.4 Å². The number of likely N-dealkylation sites (tertiary alicyclic amines) is 1. The molecule has 0 atom stereocenters. The van der Waals surface area contributed by atoms with E-state index in [-0.39, 0.29) is 23.5 Å². The molecule has 0 saturated carbocycles. The van der Waals surface area contributed by atoms with Crippen molar-refractivity contribution in [1.29, 1.82) is 10.8 Å². The van der Waals surface area contributed by atoms with Crippen LogP contribution in [-0.2, 0) is 4.74 Å². The number of hydrogen-bond acceptors (Lipinski definition) is 8. The molecule has 2 N–H and O–H groups in total. The van der Waals surface area contributed by atoms with E-state index in [9.17, 15) is 0 Å². The zero-order valence-electron chi connectivity index (χ0n) is 20.8. The Morgan fingerprint density at radius 3 is 2.67 bits per heavy atom. The van der Waals surface area contributed by atoms with Gasteiger partial charge in [-0.05, 0) is 68.1 Å². The van der Waals surface area contributed by atoms with Gasteiger partial charge in [-0.1, -0.05) is 26.0 Å². The van der Waals surface area contributed by atoms with Gasteiger partial charge in [-0.25, -0.2) is 0 Å². The van der Waals surface area contributed by atoms with E-state index in [2.05, 4.69) is 17.0 Å². The molecular weight excluding hydrogens is 458 g/mol. The molecule has 3 aromatic rings. The topological polar surface area (TPSA) is 101 Å². The lowest BCUT2D eigenvalue weighted by Gasteiger charge is -2.32. The Labute approximate surface area is 211 Å². The van der Waals surface area contributed by atoms with E-state index in [0.717, 1.165) is 61.5 Å². The van der Waals surface area contributed by atoms with Crippen LogP contribution >= 0.6 is 0 Å². The molecule has 190 valence electrons. The lowest BCUT2D eigenvalue weighted by Crippen LogP contribution is -2.34. The minimum atomic E-state index is -0.167. The van der Waals surface area contributed by atoms with Crippen LogP contribution in [-0.4, -0.2) is 49.7 Å². The Hall–Kier alpha value is -3.52. The molecule has 5 rings (SSSR count). The van der Waals surface area contributed by atoms with Crippen LogP contribution in [0.1, 0.15) is 50.4 Å². The molecule has 0 unspecified atom stereocenters. The first-order chi connectivity index (χ1) is 17.5. The van der Waals surface area contributed by atoms with Gasteiger partial charge in [-0.15, -0.1) is 0 Å². The fraction of sp³-hybridized carbons (Fsp3) is 0.429. The normalized spacial score (nSPS) is 16.0. The van der Waals surface area contributed by atoms with Crippen molar-refractivity contribution in [2.24, 2.45) is 5.92 Å². The number of rotatable bonds is 8. The van der Waals surface area contributed by atoms with Gasteiger partial charge in [-0.2, -0.15) is 0 Å². The molecule has 0 amide bonds. The highest BCUT2D eigenvalue weighted by atomic mass is 16.7. The van der Waals surface area contributed by atoms with Crippen molar-refractivity contribution in [3.8, 4) is 17.2 Å². The van der Waals surface area contributed by atoms with Crippen molar-refractivity contribution >= 4 is 22.8 Å². The van der Waals surface area contributed by atoms with Gasteiger partial charge in [0.25, 0.3) is 5.90 Å². The third-order valence-electron chi connectivity index (χ3n) is 6.81. The molecule has 36 heavy (non-hydrogen) atoms. The van der Waals surface area contributed by atoms with Gasteiger partial charge in [0.2, 0.25) is 6.79 Å². The second-order valence-electron chi connectivity index (χ2n) is 9.66. The zero-order valence-corrected chi connectivity index (χ0v) is 20.8. The molecule has 8 nitrogen and oxygen atoms in total. The van der Waals surface area contributed by atoms with Crippen molar-refractivity contribution in [1.82, 2.24) is 4.90 Å². The molecule has 1 saturated heterocycles. The van der Waals surface area contributed by atoms with Crippen LogP contribution in [0.15, 0.2) is 46.9 Å². The van der Waals surface area contributed by atoms with E-state index >= 15 is 0 Å². The summed E-state index contributed by atoms with van der Waals surface area (Å²) in [6.45, 7) is 7.77. The summed E-state index contributed by atoms with van der Waals surface area (Å²) in [7, 11) is 0. The highest BCUT2D eigenvalue weighted by Crippen LogP contribution is 2.37. The van der Waals surface area contributed by atoms with Crippen molar-refractivity contribution in [3.63, 3.8) is 0 Å². The Bertz CT molecular complexity index is 1240. The minimum absolute atomic E-state index is 0.0388. The maximum absolute atomic E-state index is 8.12. The maximum atomic E-state index is 8.12. The lowest BCUT2D eigenvalue weighted by molar-refractivity contribution is 0.173. The summed E-state index contributed by atoms with van der Waals surface area (Å²) in [4.78, 5) is 2.51. The number of ether oxygens (including phenoxy) is 4. The van der Waals surface area contributed by atoms with Crippen LogP contribution in [0, 0.1) is 16.7 Å². The Morgan fingerprint density at radius 1 is 1.06 bits per heavy atom. The number of piperidine rings is 1. The number of benzene rings is 2. The van der Waals surface area contributed by atoms with Crippen molar-refractivity contribution in [2.75, 3.05) is 33.0 Å². The number of fused-ring (bicyclic) bond motifs is 2. The molecule has 0 bridgehead atoms. The maximum Gasteiger partial charge on any atom is 0.256 e. The van der Waals surface area contributed by atoms with Crippen LogP contribution in [0.3, 0.4) is 0 Å². The minimum Gasteiger partial charge on any atom is -0.493 e. The van der Waals surface area contributed by atoms with Crippen molar-refractivity contribution in [3.05, 3.63) is 53.8 Å². The first kappa shape index (κ1) is 24.2. The van der Waals surface area contributed by atoms with E-state index in [1.807, 2.05) is 38.1 Å². The second-order valence-corrected chi connectivity index (χ2v) is 9.66. The SMILES string of the molecule is CC(C)C(=N)OC(=N)c1cc2c(OCCCN3CCC(c4ccc5c(c4)OCO5)CC3)cccc2o1. The van der Waals surface area contributed by atoms with E-state index in [0.29, 0.717) is 24.9 Å². The summed E-state index contributed by atoms with van der Waals surface area (Å²) in [5.41, 5.74) is 1.98. The van der Waals surface area contributed by atoms with Crippen LogP contribution in [0.4, 0.5) is 0 Å². The predicted molar refractivity (Wildman–Crippen MR) is 138 cm³/mol. The van der Waals surface area contributed by atoms with Crippen LogP contribution < -0.4 is 14.2 Å². The number of nitrogens with one attached hydrogen (secondary N) is 2. The molecule has 2 aliphatic rings. The molecule has 8 heteroatoms. The average molecular weight is 492 g/mol. The third-order valence-corrected chi connectivity index (χ3v) is 6.81. The highest BCUT2D eigenvalue weighted by molar-refractivity contribution is 6.01. The summed E-state index contributed by atoms with van der Waals surface area (Å²) >= 11 is 0. The second kappa shape index (κ2) is 10.6. The van der Waals surface area contributed by atoms with Crippen LogP contribution in [0.2, 0.25) is 0 Å². The predicted octanol–water partition coefficient (Wildman–Crippen LogP) is 5.79. The average Bonchev–Trinajstić information content (AvgIpc) is 3.54. The third kappa shape index (κ3) is 5.33. The molecule has 2 aliphatic heterocycles. The summed E-state index contributed by atoms with van der Waals surface area (Å²) in [5, 5.41) is 16.8. The molecule has 1 aromatic heterocycles. The summed E-state index contributed by atoms with van der Waals surface area (Å²) in [6, 6.07) is 13.7. The van der Waals surface area contributed by atoms with Gasteiger partial charge in [0, 0.05) is 18.5 Å². The van der Waals surface area contributed by atoms with Gasteiger partial charge in [0.15, 0.2) is 23.2 Å². The molecule has 2 aromatic carbocycles. The van der Waals surface area contributed by atoms with Crippen molar-refractivity contribution in [2.45, 2.75) is 39.0 Å². The fourth-order valence-electron chi connectivity index (χ4n) is 4.68. The van der Waals surface area contributed by atoms with Gasteiger partial charge in [0.1, 0.15) is 11.3 Å². The van der Waals surface area contributed by atoms with E-state index in [4.69, 9.17) is 34.2 Å².